The lowest BCUT2D eigenvalue weighted by atomic mass is 10.1. The molecule has 0 amide bonds. The molecule has 4 nitrogen and oxygen atoms in total. The predicted molar refractivity (Wildman–Crippen MR) is 63.0 cm³/mol. The number of rotatable bonds is 7. The lowest BCUT2D eigenvalue weighted by Crippen LogP contribution is -2.27. The summed E-state index contributed by atoms with van der Waals surface area (Å²) in [4.78, 5) is 4.59. The fraction of sp³-hybridized carbons (Fsp3) is 1.00. The van der Waals surface area contributed by atoms with Crippen LogP contribution in [0.15, 0.2) is 0 Å². The third kappa shape index (κ3) is 5.47. The van der Waals surface area contributed by atoms with Crippen molar-refractivity contribution in [2.75, 3.05) is 60.0 Å². The molecule has 1 heterocycles. The molecule has 0 spiro atoms. The van der Waals surface area contributed by atoms with Gasteiger partial charge in [-0.05, 0) is 39.5 Å². The summed E-state index contributed by atoms with van der Waals surface area (Å²) in [5, 5.41) is 0. The minimum Gasteiger partial charge on any atom is -0.379 e. The Bertz CT molecular complexity index is 164. The van der Waals surface area contributed by atoms with Crippen molar-refractivity contribution >= 4 is 0 Å². The van der Waals surface area contributed by atoms with Gasteiger partial charge in [0.15, 0.2) is 0 Å². The first-order chi connectivity index (χ1) is 7.22. The van der Waals surface area contributed by atoms with Gasteiger partial charge < -0.3 is 20.3 Å². The lowest BCUT2D eigenvalue weighted by molar-refractivity contribution is 0.0976. The standard InChI is InChI=1S/C11H25N3O/c1-13(2)5-7-15-8-6-14-4-3-11(9-12)10-14/h11H,3-10,12H2,1-2H3. The normalized spacial score (nSPS) is 22.8. The van der Waals surface area contributed by atoms with Crippen molar-refractivity contribution < 1.29 is 4.74 Å². The summed E-state index contributed by atoms with van der Waals surface area (Å²) >= 11 is 0. The zero-order chi connectivity index (χ0) is 11.1. The molecule has 0 radical (unpaired) electrons. The Morgan fingerprint density at radius 2 is 2.20 bits per heavy atom. The maximum absolute atomic E-state index is 5.64. The molecular formula is C11H25N3O. The second-order valence-electron chi connectivity index (χ2n) is 4.61. The second kappa shape index (κ2) is 7.17. The largest absolute Gasteiger partial charge is 0.379 e. The first-order valence-electron chi connectivity index (χ1n) is 5.87. The van der Waals surface area contributed by atoms with Crippen molar-refractivity contribution in [1.82, 2.24) is 9.80 Å². The van der Waals surface area contributed by atoms with Crippen LogP contribution >= 0.6 is 0 Å². The van der Waals surface area contributed by atoms with Crippen molar-refractivity contribution in [3.63, 3.8) is 0 Å². The molecule has 2 N–H and O–H groups in total. The van der Waals surface area contributed by atoms with Crippen LogP contribution in [0.5, 0.6) is 0 Å². The number of nitrogens with two attached hydrogens (primary N) is 1. The van der Waals surface area contributed by atoms with E-state index in [4.69, 9.17) is 10.5 Å². The molecule has 4 heteroatoms. The topological polar surface area (TPSA) is 41.7 Å². The fourth-order valence-corrected chi connectivity index (χ4v) is 1.85. The number of likely N-dealkylation sites (tertiary alicyclic amines) is 1. The van der Waals surface area contributed by atoms with Crippen LogP contribution < -0.4 is 5.73 Å². The van der Waals surface area contributed by atoms with Crippen molar-refractivity contribution in [3.8, 4) is 0 Å². The molecule has 0 aliphatic carbocycles. The summed E-state index contributed by atoms with van der Waals surface area (Å²) in [7, 11) is 4.13. The van der Waals surface area contributed by atoms with Gasteiger partial charge in [0.1, 0.15) is 0 Å². The Labute approximate surface area is 93.4 Å². The third-order valence-corrected chi connectivity index (χ3v) is 2.94. The molecule has 15 heavy (non-hydrogen) atoms. The van der Waals surface area contributed by atoms with E-state index in [9.17, 15) is 0 Å². The van der Waals surface area contributed by atoms with Crippen LogP contribution in [-0.4, -0.2) is 69.8 Å². The average Bonchev–Trinajstić information content (AvgIpc) is 2.65. The highest BCUT2D eigenvalue weighted by Gasteiger charge is 2.20. The Morgan fingerprint density at radius 3 is 2.80 bits per heavy atom. The number of hydrogen-bond donors (Lipinski definition) is 1. The van der Waals surface area contributed by atoms with E-state index in [1.54, 1.807) is 0 Å². The van der Waals surface area contributed by atoms with Crippen molar-refractivity contribution in [2.45, 2.75) is 6.42 Å². The van der Waals surface area contributed by atoms with Gasteiger partial charge in [0, 0.05) is 19.6 Å². The first kappa shape index (κ1) is 12.9. The monoisotopic (exact) mass is 215 g/mol. The van der Waals surface area contributed by atoms with Crippen LogP contribution in [0.3, 0.4) is 0 Å². The van der Waals surface area contributed by atoms with Gasteiger partial charge in [0.2, 0.25) is 0 Å². The summed E-state index contributed by atoms with van der Waals surface area (Å²) in [5.74, 6) is 0.715. The highest BCUT2D eigenvalue weighted by molar-refractivity contribution is 4.75. The summed E-state index contributed by atoms with van der Waals surface area (Å²) in [6.07, 6.45) is 1.26. The number of ether oxygens (including phenoxy) is 1. The third-order valence-electron chi connectivity index (χ3n) is 2.94. The van der Waals surface area contributed by atoms with Crippen molar-refractivity contribution in [1.29, 1.82) is 0 Å². The van der Waals surface area contributed by atoms with Gasteiger partial charge in [-0.2, -0.15) is 0 Å². The number of nitrogens with zero attached hydrogens (tertiary/aromatic N) is 2. The maximum Gasteiger partial charge on any atom is 0.0594 e. The number of hydrogen-bond acceptors (Lipinski definition) is 4. The Balaban J connectivity index is 1.92. The van der Waals surface area contributed by atoms with Crippen LogP contribution in [0.2, 0.25) is 0 Å². The molecule has 0 bridgehead atoms. The molecule has 1 atom stereocenters. The van der Waals surface area contributed by atoms with E-state index in [0.717, 1.165) is 39.4 Å². The fourth-order valence-electron chi connectivity index (χ4n) is 1.85. The van der Waals surface area contributed by atoms with Gasteiger partial charge in [-0.1, -0.05) is 0 Å². The van der Waals surface area contributed by atoms with E-state index in [-0.39, 0.29) is 0 Å². The molecule has 0 aromatic carbocycles. The molecule has 1 aliphatic rings. The van der Waals surface area contributed by atoms with Crippen molar-refractivity contribution in [2.24, 2.45) is 11.7 Å². The highest BCUT2D eigenvalue weighted by atomic mass is 16.5. The zero-order valence-corrected chi connectivity index (χ0v) is 10.1. The Morgan fingerprint density at radius 1 is 1.40 bits per heavy atom. The van der Waals surface area contributed by atoms with Gasteiger partial charge in [0.05, 0.1) is 13.2 Å². The van der Waals surface area contributed by atoms with E-state index in [1.165, 1.54) is 13.0 Å². The van der Waals surface area contributed by atoms with Gasteiger partial charge in [-0.25, -0.2) is 0 Å². The molecule has 0 saturated carbocycles. The Hall–Kier alpha value is -0.160. The Kier molecular flexibility index (Phi) is 6.17. The van der Waals surface area contributed by atoms with E-state index >= 15 is 0 Å². The second-order valence-corrected chi connectivity index (χ2v) is 4.61. The minimum atomic E-state index is 0.715. The summed E-state index contributed by atoms with van der Waals surface area (Å²) in [6, 6.07) is 0. The summed E-state index contributed by atoms with van der Waals surface area (Å²) in [6.45, 7) is 6.94. The van der Waals surface area contributed by atoms with E-state index in [2.05, 4.69) is 23.9 Å². The van der Waals surface area contributed by atoms with Gasteiger partial charge in [-0.3, -0.25) is 0 Å². The maximum atomic E-state index is 5.64. The molecule has 1 unspecified atom stereocenters. The van der Waals surface area contributed by atoms with Crippen LogP contribution in [0.25, 0.3) is 0 Å². The van der Waals surface area contributed by atoms with Crippen molar-refractivity contribution in [3.05, 3.63) is 0 Å². The van der Waals surface area contributed by atoms with Gasteiger partial charge in [0.25, 0.3) is 0 Å². The van der Waals surface area contributed by atoms with Crippen LogP contribution in [-0.2, 0) is 4.74 Å². The van der Waals surface area contributed by atoms with Gasteiger partial charge in [-0.15, -0.1) is 0 Å². The lowest BCUT2D eigenvalue weighted by Gasteiger charge is -2.16. The van der Waals surface area contributed by atoms with Crippen LogP contribution in [0.1, 0.15) is 6.42 Å². The van der Waals surface area contributed by atoms with Crippen LogP contribution in [0.4, 0.5) is 0 Å². The highest BCUT2D eigenvalue weighted by Crippen LogP contribution is 2.13. The summed E-state index contributed by atoms with van der Waals surface area (Å²) in [5.41, 5.74) is 5.64. The minimum absolute atomic E-state index is 0.715. The van der Waals surface area contributed by atoms with Crippen LogP contribution in [0, 0.1) is 5.92 Å². The molecular weight excluding hydrogens is 190 g/mol. The van der Waals surface area contributed by atoms with E-state index in [1.807, 2.05) is 0 Å². The first-order valence-corrected chi connectivity index (χ1v) is 5.87. The predicted octanol–water partition coefficient (Wildman–Crippen LogP) is -0.155. The average molecular weight is 215 g/mol. The summed E-state index contributed by atoms with van der Waals surface area (Å²) < 4.78 is 5.56. The molecule has 1 aliphatic heterocycles. The molecule has 1 rings (SSSR count). The molecule has 1 fully saturated rings. The quantitative estimate of drug-likeness (QED) is 0.600. The van der Waals surface area contributed by atoms with E-state index < -0.39 is 0 Å². The van der Waals surface area contributed by atoms with Gasteiger partial charge >= 0.3 is 0 Å². The molecule has 90 valence electrons. The molecule has 0 aromatic heterocycles. The SMILES string of the molecule is CN(C)CCOCCN1CCC(CN)C1. The number of likely N-dealkylation sites (N-methyl/N-ethyl adjacent to an activating group) is 1. The van der Waals surface area contributed by atoms with E-state index in [0.29, 0.717) is 5.92 Å². The molecule has 0 aromatic rings. The zero-order valence-electron chi connectivity index (χ0n) is 10.1. The smallest absolute Gasteiger partial charge is 0.0594 e. The molecule has 1 saturated heterocycles.